The monoisotopic (exact) mass is 402 g/mol. The summed E-state index contributed by atoms with van der Waals surface area (Å²) in [6, 6.07) is 7.28. The Morgan fingerprint density at radius 3 is 2.87 bits per heavy atom. The van der Waals surface area contributed by atoms with Crippen molar-refractivity contribution in [1.29, 1.82) is 0 Å². The average molecular weight is 402 g/mol. The van der Waals surface area contributed by atoms with Gasteiger partial charge in [-0.1, -0.05) is 18.2 Å². The van der Waals surface area contributed by atoms with Gasteiger partial charge in [0, 0.05) is 56.7 Å². The van der Waals surface area contributed by atoms with Crippen LogP contribution in [0.1, 0.15) is 36.0 Å². The first-order chi connectivity index (χ1) is 14.6. The fourth-order valence-corrected chi connectivity index (χ4v) is 4.79. The molecule has 8 heteroatoms. The number of rotatable bonds is 4. The number of fused-ring (bicyclic) bond motifs is 2. The third kappa shape index (κ3) is 2.71. The standard InChI is InChI=1S/C22H22N6O2/c1-27-13-11-25-20(27)19-22(16-4-2-3-5-17(16)26-21(22)30)8-12-28(19)18(29)7-6-15-14-23-9-10-24-15/h2-5,9-11,13-14,19H,6-8,12H2,1H3,(H,26,30)/t19-,22+/m0/s1. The second kappa shape index (κ2) is 7.05. The lowest BCUT2D eigenvalue weighted by molar-refractivity contribution is -0.133. The van der Waals surface area contributed by atoms with E-state index in [2.05, 4.69) is 20.3 Å². The first kappa shape index (κ1) is 18.5. The number of imidazole rings is 1. The summed E-state index contributed by atoms with van der Waals surface area (Å²) >= 11 is 0. The molecule has 1 fully saturated rings. The van der Waals surface area contributed by atoms with Crippen molar-refractivity contribution in [3.05, 3.63) is 72.3 Å². The van der Waals surface area contributed by atoms with Crippen LogP contribution in [0.15, 0.2) is 55.2 Å². The van der Waals surface area contributed by atoms with E-state index in [-0.39, 0.29) is 11.8 Å². The number of aromatic nitrogens is 4. The molecule has 8 nitrogen and oxygen atoms in total. The Morgan fingerprint density at radius 2 is 2.10 bits per heavy atom. The zero-order valence-corrected chi connectivity index (χ0v) is 16.7. The third-order valence-corrected chi connectivity index (χ3v) is 6.22. The second-order valence-electron chi connectivity index (χ2n) is 7.80. The maximum atomic E-state index is 13.3. The van der Waals surface area contributed by atoms with Crippen molar-refractivity contribution in [2.24, 2.45) is 7.05 Å². The highest BCUT2D eigenvalue weighted by molar-refractivity contribution is 6.07. The van der Waals surface area contributed by atoms with Crippen LogP contribution in [0.25, 0.3) is 0 Å². The number of nitrogens with zero attached hydrogens (tertiary/aromatic N) is 5. The molecule has 2 atom stereocenters. The second-order valence-corrected chi connectivity index (χ2v) is 7.80. The maximum Gasteiger partial charge on any atom is 0.237 e. The van der Waals surface area contributed by atoms with Crippen molar-refractivity contribution >= 4 is 17.5 Å². The number of nitrogens with one attached hydrogen (secondary N) is 1. The zero-order valence-electron chi connectivity index (χ0n) is 16.7. The van der Waals surface area contributed by atoms with E-state index < -0.39 is 11.5 Å². The highest BCUT2D eigenvalue weighted by Gasteiger charge is 2.60. The van der Waals surface area contributed by atoms with Crippen LogP contribution in [0, 0.1) is 0 Å². The van der Waals surface area contributed by atoms with Crippen LogP contribution < -0.4 is 5.32 Å². The number of likely N-dealkylation sites (tertiary alicyclic amines) is 1. The summed E-state index contributed by atoms with van der Waals surface area (Å²) in [5.41, 5.74) is 1.69. The molecule has 0 aliphatic carbocycles. The predicted molar refractivity (Wildman–Crippen MR) is 109 cm³/mol. The third-order valence-electron chi connectivity index (χ3n) is 6.22. The summed E-state index contributed by atoms with van der Waals surface area (Å²) in [6.07, 6.45) is 9.85. The highest BCUT2D eigenvalue weighted by Crippen LogP contribution is 2.54. The molecular weight excluding hydrogens is 380 g/mol. The van der Waals surface area contributed by atoms with E-state index in [1.54, 1.807) is 24.8 Å². The van der Waals surface area contributed by atoms with Crippen LogP contribution in [0.5, 0.6) is 0 Å². The number of carbonyl (C=O) groups excluding carboxylic acids is 2. The van der Waals surface area contributed by atoms with Gasteiger partial charge < -0.3 is 14.8 Å². The van der Waals surface area contributed by atoms with Gasteiger partial charge in [0.2, 0.25) is 11.8 Å². The lowest BCUT2D eigenvalue weighted by atomic mass is 9.74. The molecule has 152 valence electrons. The van der Waals surface area contributed by atoms with Gasteiger partial charge in [-0.25, -0.2) is 4.98 Å². The van der Waals surface area contributed by atoms with Crippen molar-refractivity contribution in [3.8, 4) is 0 Å². The summed E-state index contributed by atoms with van der Waals surface area (Å²) in [6.45, 7) is 0.499. The molecule has 2 amide bonds. The molecule has 0 saturated carbocycles. The minimum Gasteiger partial charge on any atom is -0.336 e. The number of anilines is 1. The number of aryl methyl sites for hydroxylation is 2. The largest absolute Gasteiger partial charge is 0.336 e. The van der Waals surface area contributed by atoms with Crippen LogP contribution in [-0.2, 0) is 28.5 Å². The summed E-state index contributed by atoms with van der Waals surface area (Å²) in [5.74, 6) is 0.635. The number of hydrogen-bond donors (Lipinski definition) is 1. The van der Waals surface area contributed by atoms with Gasteiger partial charge in [0.05, 0.1) is 5.69 Å². The molecule has 3 aromatic rings. The molecule has 0 bridgehead atoms. The maximum absolute atomic E-state index is 13.3. The number of carbonyl (C=O) groups is 2. The van der Waals surface area contributed by atoms with Gasteiger partial charge in [-0.3, -0.25) is 19.6 Å². The Hall–Kier alpha value is -3.55. The van der Waals surface area contributed by atoms with Crippen LogP contribution >= 0.6 is 0 Å². The predicted octanol–water partition coefficient (Wildman–Crippen LogP) is 2.01. The molecule has 1 saturated heterocycles. The average Bonchev–Trinajstić information content (AvgIpc) is 3.44. The molecule has 30 heavy (non-hydrogen) atoms. The van der Waals surface area contributed by atoms with E-state index in [4.69, 9.17) is 0 Å². The molecule has 1 N–H and O–H groups in total. The topological polar surface area (TPSA) is 93.0 Å². The lowest BCUT2D eigenvalue weighted by Crippen LogP contribution is -2.43. The lowest BCUT2D eigenvalue weighted by Gasteiger charge is -2.33. The van der Waals surface area contributed by atoms with Crippen molar-refractivity contribution in [2.45, 2.75) is 30.7 Å². The first-order valence-corrected chi connectivity index (χ1v) is 10.0. The minimum atomic E-state index is -0.835. The summed E-state index contributed by atoms with van der Waals surface area (Å²) in [4.78, 5) is 41.3. The Kier molecular flexibility index (Phi) is 4.34. The van der Waals surface area contributed by atoms with Crippen LogP contribution in [-0.4, -0.2) is 42.8 Å². The fourth-order valence-electron chi connectivity index (χ4n) is 4.79. The molecule has 2 aliphatic rings. The van der Waals surface area contributed by atoms with Gasteiger partial charge in [-0.2, -0.15) is 0 Å². The number of hydrogen-bond acceptors (Lipinski definition) is 5. The van der Waals surface area contributed by atoms with Crippen LogP contribution in [0.4, 0.5) is 5.69 Å². The quantitative estimate of drug-likeness (QED) is 0.721. The molecule has 2 aromatic heterocycles. The smallest absolute Gasteiger partial charge is 0.237 e. The van der Waals surface area contributed by atoms with Crippen molar-refractivity contribution < 1.29 is 9.59 Å². The van der Waals surface area contributed by atoms with Crippen LogP contribution in [0.3, 0.4) is 0 Å². The highest BCUT2D eigenvalue weighted by atomic mass is 16.2. The van der Waals surface area contributed by atoms with E-state index in [0.29, 0.717) is 31.6 Å². The van der Waals surface area contributed by atoms with Gasteiger partial charge in [0.15, 0.2) is 0 Å². The van der Waals surface area contributed by atoms with Gasteiger partial charge in [-0.15, -0.1) is 0 Å². The molecule has 0 unspecified atom stereocenters. The molecule has 0 radical (unpaired) electrons. The van der Waals surface area contributed by atoms with Gasteiger partial charge in [0.1, 0.15) is 17.3 Å². The van der Waals surface area contributed by atoms with E-state index >= 15 is 0 Å². The molecule has 1 aromatic carbocycles. The Labute approximate surface area is 174 Å². The van der Waals surface area contributed by atoms with Crippen molar-refractivity contribution in [2.75, 3.05) is 11.9 Å². The van der Waals surface area contributed by atoms with Gasteiger partial charge >= 0.3 is 0 Å². The molecule has 4 heterocycles. The summed E-state index contributed by atoms with van der Waals surface area (Å²) in [5, 5.41) is 3.03. The van der Waals surface area contributed by atoms with Crippen molar-refractivity contribution in [3.63, 3.8) is 0 Å². The number of para-hydroxylation sites is 1. The number of benzene rings is 1. The minimum absolute atomic E-state index is 0.0114. The molecule has 2 aliphatic heterocycles. The Morgan fingerprint density at radius 1 is 1.23 bits per heavy atom. The van der Waals surface area contributed by atoms with E-state index in [1.165, 1.54) is 0 Å². The van der Waals surface area contributed by atoms with Crippen LogP contribution in [0.2, 0.25) is 0 Å². The van der Waals surface area contributed by atoms with E-state index in [1.807, 2.05) is 47.0 Å². The Balaban J connectivity index is 1.52. The zero-order chi connectivity index (χ0) is 20.7. The van der Waals surface area contributed by atoms with E-state index in [0.717, 1.165) is 16.9 Å². The Bertz CT molecular complexity index is 1110. The van der Waals surface area contributed by atoms with Gasteiger partial charge in [-0.05, 0) is 24.5 Å². The van der Waals surface area contributed by atoms with Gasteiger partial charge in [0.25, 0.3) is 0 Å². The SMILES string of the molecule is Cn1ccnc1[C@@H]1N(C(=O)CCc2cnccn2)CC[C@]12C(=O)Nc1ccccc12. The van der Waals surface area contributed by atoms with Crippen molar-refractivity contribution in [1.82, 2.24) is 24.4 Å². The molecule has 5 rings (SSSR count). The number of amides is 2. The summed E-state index contributed by atoms with van der Waals surface area (Å²) < 4.78 is 1.90. The molecule has 1 spiro atoms. The molecular formula is C22H22N6O2. The fraction of sp³-hybridized carbons (Fsp3) is 0.318. The normalized spacial score (nSPS) is 22.4. The first-order valence-electron chi connectivity index (χ1n) is 10.0. The van der Waals surface area contributed by atoms with E-state index in [9.17, 15) is 9.59 Å². The summed E-state index contributed by atoms with van der Waals surface area (Å²) in [7, 11) is 1.90.